The van der Waals surface area contributed by atoms with Crippen molar-refractivity contribution in [3.8, 4) is 0 Å². The van der Waals surface area contributed by atoms with Crippen molar-refractivity contribution in [3.63, 3.8) is 0 Å². The summed E-state index contributed by atoms with van der Waals surface area (Å²) in [5, 5.41) is 3.13. The Kier molecular flexibility index (Phi) is 3.82. The molecule has 1 amide bonds. The van der Waals surface area contributed by atoms with E-state index in [-0.39, 0.29) is 11.3 Å². The standard InChI is InChI=1S/C12H17ClN4O/c1-12(11(18)14-2)3-4-17(8-12)7-9-5-16-10(13)6-15-9/h5-6H,3-4,7-8H2,1-2H3,(H,14,18). The summed E-state index contributed by atoms with van der Waals surface area (Å²) in [4.78, 5) is 22.2. The molecule has 0 radical (unpaired) electrons. The molecule has 1 aliphatic heterocycles. The zero-order valence-electron chi connectivity index (χ0n) is 10.6. The van der Waals surface area contributed by atoms with Crippen LogP contribution < -0.4 is 5.32 Å². The summed E-state index contributed by atoms with van der Waals surface area (Å²) < 4.78 is 0. The molecule has 1 saturated heterocycles. The van der Waals surface area contributed by atoms with E-state index in [1.54, 1.807) is 19.4 Å². The van der Waals surface area contributed by atoms with Crippen molar-refractivity contribution < 1.29 is 4.79 Å². The summed E-state index contributed by atoms with van der Waals surface area (Å²) in [6.07, 6.45) is 4.09. The maximum absolute atomic E-state index is 11.8. The number of carbonyl (C=O) groups is 1. The van der Waals surface area contributed by atoms with Crippen LogP contribution in [-0.2, 0) is 11.3 Å². The van der Waals surface area contributed by atoms with Gasteiger partial charge in [-0.1, -0.05) is 11.6 Å². The van der Waals surface area contributed by atoms with E-state index in [9.17, 15) is 4.79 Å². The Morgan fingerprint density at radius 1 is 1.56 bits per heavy atom. The SMILES string of the molecule is CNC(=O)C1(C)CCN(Cc2cnc(Cl)cn2)C1. The third-order valence-corrected chi connectivity index (χ3v) is 3.58. The lowest BCUT2D eigenvalue weighted by Crippen LogP contribution is -2.39. The number of hydrogen-bond acceptors (Lipinski definition) is 4. The van der Waals surface area contributed by atoms with Gasteiger partial charge in [0.2, 0.25) is 5.91 Å². The maximum atomic E-state index is 11.8. The zero-order chi connectivity index (χ0) is 13.2. The van der Waals surface area contributed by atoms with E-state index >= 15 is 0 Å². The Hall–Kier alpha value is -1.20. The molecule has 1 unspecified atom stereocenters. The van der Waals surface area contributed by atoms with E-state index in [0.29, 0.717) is 11.7 Å². The Morgan fingerprint density at radius 2 is 2.33 bits per heavy atom. The van der Waals surface area contributed by atoms with Crippen LogP contribution in [0.5, 0.6) is 0 Å². The molecule has 0 aromatic carbocycles. The summed E-state index contributed by atoms with van der Waals surface area (Å²) in [7, 11) is 1.68. The second-order valence-corrected chi connectivity index (χ2v) is 5.32. The van der Waals surface area contributed by atoms with Gasteiger partial charge >= 0.3 is 0 Å². The number of nitrogens with one attached hydrogen (secondary N) is 1. The summed E-state index contributed by atoms with van der Waals surface area (Å²) >= 11 is 5.69. The molecule has 0 saturated carbocycles. The molecule has 1 fully saturated rings. The maximum Gasteiger partial charge on any atom is 0.227 e. The van der Waals surface area contributed by atoms with Gasteiger partial charge in [-0.2, -0.15) is 0 Å². The highest BCUT2D eigenvalue weighted by atomic mass is 35.5. The number of rotatable bonds is 3. The number of nitrogens with zero attached hydrogens (tertiary/aromatic N) is 3. The summed E-state index contributed by atoms with van der Waals surface area (Å²) in [5.74, 6) is 0.104. The van der Waals surface area contributed by atoms with E-state index in [1.165, 1.54) is 0 Å². The first-order valence-electron chi connectivity index (χ1n) is 5.94. The zero-order valence-corrected chi connectivity index (χ0v) is 11.4. The van der Waals surface area contributed by atoms with E-state index in [1.807, 2.05) is 6.92 Å². The van der Waals surface area contributed by atoms with Crippen LogP contribution in [0, 0.1) is 5.41 Å². The number of hydrogen-bond donors (Lipinski definition) is 1. The highest BCUT2D eigenvalue weighted by Crippen LogP contribution is 2.30. The van der Waals surface area contributed by atoms with Gasteiger partial charge in [0.25, 0.3) is 0 Å². The highest BCUT2D eigenvalue weighted by Gasteiger charge is 2.39. The third kappa shape index (κ3) is 2.79. The molecule has 1 aliphatic rings. The molecule has 98 valence electrons. The Morgan fingerprint density at radius 3 is 2.94 bits per heavy atom. The molecule has 1 N–H and O–H groups in total. The van der Waals surface area contributed by atoms with Gasteiger partial charge in [0.05, 0.1) is 23.5 Å². The van der Waals surface area contributed by atoms with Crippen molar-refractivity contribution >= 4 is 17.5 Å². The molecule has 18 heavy (non-hydrogen) atoms. The number of likely N-dealkylation sites (tertiary alicyclic amines) is 1. The van der Waals surface area contributed by atoms with Gasteiger partial charge in [0, 0.05) is 20.1 Å². The van der Waals surface area contributed by atoms with Gasteiger partial charge in [0.1, 0.15) is 5.15 Å². The lowest BCUT2D eigenvalue weighted by molar-refractivity contribution is -0.129. The van der Waals surface area contributed by atoms with Crippen LogP contribution in [-0.4, -0.2) is 40.9 Å². The minimum absolute atomic E-state index is 0.104. The van der Waals surface area contributed by atoms with Gasteiger partial charge in [-0.05, 0) is 19.9 Å². The van der Waals surface area contributed by atoms with Crippen molar-refractivity contribution in [2.75, 3.05) is 20.1 Å². The highest BCUT2D eigenvalue weighted by molar-refractivity contribution is 6.29. The molecular formula is C12H17ClN4O. The van der Waals surface area contributed by atoms with Crippen molar-refractivity contribution in [2.45, 2.75) is 19.9 Å². The van der Waals surface area contributed by atoms with Gasteiger partial charge < -0.3 is 5.32 Å². The molecule has 5 nitrogen and oxygen atoms in total. The topological polar surface area (TPSA) is 58.1 Å². The minimum atomic E-state index is -0.297. The van der Waals surface area contributed by atoms with E-state index in [2.05, 4.69) is 20.2 Å². The molecule has 6 heteroatoms. The Balaban J connectivity index is 1.97. The van der Waals surface area contributed by atoms with Crippen LogP contribution >= 0.6 is 11.6 Å². The average Bonchev–Trinajstić information content (AvgIpc) is 2.74. The average molecular weight is 269 g/mol. The first-order valence-corrected chi connectivity index (χ1v) is 6.32. The number of aromatic nitrogens is 2. The molecular weight excluding hydrogens is 252 g/mol. The van der Waals surface area contributed by atoms with Crippen LogP contribution in [0.1, 0.15) is 19.0 Å². The quantitative estimate of drug-likeness (QED) is 0.892. The van der Waals surface area contributed by atoms with Crippen LogP contribution in [0.2, 0.25) is 5.15 Å². The molecule has 0 spiro atoms. The van der Waals surface area contributed by atoms with Gasteiger partial charge in [0.15, 0.2) is 0 Å². The smallest absolute Gasteiger partial charge is 0.227 e. The summed E-state index contributed by atoms with van der Waals surface area (Å²) in [6, 6.07) is 0. The first-order chi connectivity index (χ1) is 8.53. The van der Waals surface area contributed by atoms with Gasteiger partial charge in [-0.25, -0.2) is 4.98 Å². The molecule has 2 rings (SSSR count). The van der Waals surface area contributed by atoms with Crippen molar-refractivity contribution in [3.05, 3.63) is 23.2 Å². The van der Waals surface area contributed by atoms with Crippen LogP contribution in [0.4, 0.5) is 0 Å². The van der Waals surface area contributed by atoms with Gasteiger partial charge in [-0.15, -0.1) is 0 Å². The fourth-order valence-electron chi connectivity index (χ4n) is 2.33. The molecule has 1 aromatic rings. The molecule has 1 atom stereocenters. The van der Waals surface area contributed by atoms with E-state index < -0.39 is 0 Å². The summed E-state index contributed by atoms with van der Waals surface area (Å²) in [6.45, 7) is 4.35. The number of amides is 1. The van der Waals surface area contributed by atoms with Crippen molar-refractivity contribution in [1.82, 2.24) is 20.2 Å². The van der Waals surface area contributed by atoms with Crippen molar-refractivity contribution in [2.24, 2.45) is 5.41 Å². The minimum Gasteiger partial charge on any atom is -0.359 e. The third-order valence-electron chi connectivity index (χ3n) is 3.39. The van der Waals surface area contributed by atoms with Crippen LogP contribution in [0.25, 0.3) is 0 Å². The van der Waals surface area contributed by atoms with Crippen molar-refractivity contribution in [1.29, 1.82) is 0 Å². The lowest BCUT2D eigenvalue weighted by Gasteiger charge is -2.22. The second kappa shape index (κ2) is 5.20. The molecule has 1 aromatic heterocycles. The van der Waals surface area contributed by atoms with E-state index in [4.69, 9.17) is 11.6 Å². The fourth-order valence-corrected chi connectivity index (χ4v) is 2.43. The molecule has 0 aliphatic carbocycles. The lowest BCUT2D eigenvalue weighted by atomic mass is 9.89. The first kappa shape index (κ1) is 13.2. The fraction of sp³-hybridized carbons (Fsp3) is 0.583. The normalized spacial score (nSPS) is 24.2. The monoisotopic (exact) mass is 268 g/mol. The number of carbonyl (C=O) groups excluding carboxylic acids is 1. The Bertz CT molecular complexity index is 436. The predicted molar refractivity (Wildman–Crippen MR) is 69.1 cm³/mol. The predicted octanol–water partition coefficient (Wildman–Crippen LogP) is 1.09. The van der Waals surface area contributed by atoms with E-state index in [0.717, 1.165) is 25.2 Å². The van der Waals surface area contributed by atoms with Crippen LogP contribution in [0.3, 0.4) is 0 Å². The van der Waals surface area contributed by atoms with Crippen LogP contribution in [0.15, 0.2) is 12.4 Å². The number of halogens is 1. The largest absolute Gasteiger partial charge is 0.359 e. The summed E-state index contributed by atoms with van der Waals surface area (Å²) in [5.41, 5.74) is 0.578. The molecule has 0 bridgehead atoms. The second-order valence-electron chi connectivity index (χ2n) is 4.93. The molecule has 2 heterocycles. The van der Waals surface area contributed by atoms with Gasteiger partial charge in [-0.3, -0.25) is 14.7 Å². The Labute approximate surface area is 112 Å².